The maximum Gasteiger partial charge on any atom is 0.326 e. The molecule has 0 spiro atoms. The highest BCUT2D eigenvalue weighted by molar-refractivity contribution is 5.77. The lowest BCUT2D eigenvalue weighted by atomic mass is 10.0. The second-order valence-corrected chi connectivity index (χ2v) is 3.45. The number of rotatable bonds is 4. The Hall–Kier alpha value is -1.58. The van der Waals surface area contributed by atoms with Crippen molar-refractivity contribution in [1.82, 2.24) is 4.98 Å². The first-order valence-corrected chi connectivity index (χ1v) is 4.50. The molecule has 1 atom stereocenters. The molecule has 0 aliphatic carbocycles. The summed E-state index contributed by atoms with van der Waals surface area (Å²) in [5.74, 6) is -0.809. The predicted octanol–water partition coefficient (Wildman–Crippen LogP) is 1.60. The molecule has 4 nitrogen and oxygen atoms in total. The number of carboxylic acids is 1. The predicted molar refractivity (Wildman–Crippen MR) is 54.1 cm³/mol. The highest BCUT2D eigenvalue weighted by Crippen LogP contribution is 2.11. The third-order valence-electron chi connectivity index (χ3n) is 1.92. The minimum absolute atomic E-state index is 0.0349. The summed E-state index contributed by atoms with van der Waals surface area (Å²) in [4.78, 5) is 14.8. The van der Waals surface area contributed by atoms with Gasteiger partial charge in [-0.15, -0.1) is 0 Å². The van der Waals surface area contributed by atoms with E-state index in [9.17, 15) is 4.79 Å². The molecule has 1 heterocycles. The first-order valence-electron chi connectivity index (χ1n) is 4.50. The molecule has 0 fully saturated rings. The van der Waals surface area contributed by atoms with Gasteiger partial charge in [0.25, 0.3) is 0 Å². The zero-order valence-electron chi connectivity index (χ0n) is 8.27. The number of pyridine rings is 1. The van der Waals surface area contributed by atoms with E-state index in [0.717, 1.165) is 5.69 Å². The van der Waals surface area contributed by atoms with E-state index in [2.05, 4.69) is 10.3 Å². The van der Waals surface area contributed by atoms with Crippen molar-refractivity contribution in [3.05, 3.63) is 24.5 Å². The van der Waals surface area contributed by atoms with Crippen LogP contribution in [0.4, 0.5) is 5.69 Å². The minimum Gasteiger partial charge on any atom is -0.480 e. The van der Waals surface area contributed by atoms with Gasteiger partial charge in [-0.3, -0.25) is 4.98 Å². The van der Waals surface area contributed by atoms with Crippen LogP contribution >= 0.6 is 0 Å². The molecule has 0 saturated heterocycles. The molecule has 0 bridgehead atoms. The number of hydrogen-bond acceptors (Lipinski definition) is 3. The van der Waals surface area contributed by atoms with Crippen LogP contribution in [-0.4, -0.2) is 22.1 Å². The van der Waals surface area contributed by atoms with Crippen molar-refractivity contribution in [2.75, 3.05) is 5.32 Å². The van der Waals surface area contributed by atoms with E-state index in [4.69, 9.17) is 5.11 Å². The molecule has 4 heteroatoms. The highest BCUT2D eigenvalue weighted by atomic mass is 16.4. The van der Waals surface area contributed by atoms with Crippen molar-refractivity contribution in [3.8, 4) is 0 Å². The van der Waals surface area contributed by atoms with Crippen molar-refractivity contribution in [2.24, 2.45) is 5.92 Å². The number of nitrogens with one attached hydrogen (secondary N) is 1. The minimum atomic E-state index is -0.844. The Morgan fingerprint density at radius 1 is 1.57 bits per heavy atom. The summed E-state index contributed by atoms with van der Waals surface area (Å²) in [5, 5.41) is 11.8. The van der Waals surface area contributed by atoms with E-state index in [1.165, 1.54) is 0 Å². The molecular formula is C10H14N2O2. The average molecular weight is 194 g/mol. The first kappa shape index (κ1) is 10.5. The Morgan fingerprint density at radius 3 is 2.71 bits per heavy atom. The second kappa shape index (κ2) is 4.60. The molecule has 76 valence electrons. The molecule has 0 saturated carbocycles. The van der Waals surface area contributed by atoms with Crippen LogP contribution in [0.25, 0.3) is 0 Å². The molecule has 1 aromatic heterocycles. The van der Waals surface area contributed by atoms with Gasteiger partial charge in [0.15, 0.2) is 0 Å². The SMILES string of the molecule is CC(C)[C@H](Nc1cccnc1)C(=O)O. The molecule has 0 aliphatic rings. The lowest BCUT2D eigenvalue weighted by Gasteiger charge is -2.18. The van der Waals surface area contributed by atoms with Crippen LogP contribution in [0.3, 0.4) is 0 Å². The van der Waals surface area contributed by atoms with Crippen molar-refractivity contribution in [2.45, 2.75) is 19.9 Å². The lowest BCUT2D eigenvalue weighted by molar-refractivity contribution is -0.138. The van der Waals surface area contributed by atoms with Gasteiger partial charge in [0, 0.05) is 12.4 Å². The summed E-state index contributed by atoms with van der Waals surface area (Å²) in [7, 11) is 0. The highest BCUT2D eigenvalue weighted by Gasteiger charge is 2.20. The Kier molecular flexibility index (Phi) is 3.45. The fourth-order valence-corrected chi connectivity index (χ4v) is 1.14. The first-order chi connectivity index (χ1) is 6.61. The zero-order valence-corrected chi connectivity index (χ0v) is 8.27. The number of aromatic nitrogens is 1. The monoisotopic (exact) mass is 194 g/mol. The normalized spacial score (nSPS) is 12.5. The molecule has 1 aromatic rings. The molecule has 0 aromatic carbocycles. The lowest BCUT2D eigenvalue weighted by Crippen LogP contribution is -2.34. The van der Waals surface area contributed by atoms with Gasteiger partial charge in [-0.25, -0.2) is 4.79 Å². The maximum atomic E-state index is 10.9. The number of carbonyl (C=O) groups is 1. The van der Waals surface area contributed by atoms with Crippen molar-refractivity contribution >= 4 is 11.7 Å². The number of carboxylic acid groups (broad SMARTS) is 1. The van der Waals surface area contributed by atoms with Crippen LogP contribution in [0.2, 0.25) is 0 Å². The van der Waals surface area contributed by atoms with Gasteiger partial charge >= 0.3 is 5.97 Å². The standard InChI is InChI=1S/C10H14N2O2/c1-7(2)9(10(13)14)12-8-4-3-5-11-6-8/h3-7,9,12H,1-2H3,(H,13,14)/t9-/m0/s1. The largest absolute Gasteiger partial charge is 0.480 e. The van der Waals surface area contributed by atoms with E-state index in [1.54, 1.807) is 24.5 Å². The number of aliphatic carboxylic acids is 1. The molecular weight excluding hydrogens is 180 g/mol. The van der Waals surface area contributed by atoms with Crippen molar-refractivity contribution < 1.29 is 9.90 Å². The summed E-state index contributed by atoms with van der Waals surface area (Å²) >= 11 is 0. The summed E-state index contributed by atoms with van der Waals surface area (Å²) in [6.07, 6.45) is 3.26. The Labute approximate surface area is 83.0 Å². The molecule has 1 rings (SSSR count). The maximum absolute atomic E-state index is 10.9. The van der Waals surface area contributed by atoms with Gasteiger partial charge in [-0.1, -0.05) is 13.8 Å². The van der Waals surface area contributed by atoms with Crippen LogP contribution in [0.15, 0.2) is 24.5 Å². The van der Waals surface area contributed by atoms with Crippen LogP contribution < -0.4 is 5.32 Å². The molecule has 2 N–H and O–H groups in total. The quantitative estimate of drug-likeness (QED) is 0.764. The van der Waals surface area contributed by atoms with Crippen molar-refractivity contribution in [3.63, 3.8) is 0 Å². The zero-order chi connectivity index (χ0) is 10.6. The molecule has 0 radical (unpaired) electrons. The van der Waals surface area contributed by atoms with Crippen LogP contribution in [-0.2, 0) is 4.79 Å². The topological polar surface area (TPSA) is 62.2 Å². The van der Waals surface area contributed by atoms with Crippen molar-refractivity contribution in [1.29, 1.82) is 0 Å². The summed E-state index contributed by atoms with van der Waals surface area (Å²) in [6, 6.07) is 2.99. The van der Waals surface area contributed by atoms with Crippen LogP contribution in [0.5, 0.6) is 0 Å². The van der Waals surface area contributed by atoms with E-state index in [1.807, 2.05) is 13.8 Å². The Bertz CT molecular complexity index is 298. The van der Waals surface area contributed by atoms with Crippen LogP contribution in [0.1, 0.15) is 13.8 Å². The van der Waals surface area contributed by atoms with Gasteiger partial charge in [-0.05, 0) is 18.1 Å². The third kappa shape index (κ3) is 2.73. The van der Waals surface area contributed by atoms with E-state index in [0.29, 0.717) is 0 Å². The Balaban J connectivity index is 2.70. The fraction of sp³-hybridized carbons (Fsp3) is 0.400. The fourth-order valence-electron chi connectivity index (χ4n) is 1.14. The Morgan fingerprint density at radius 2 is 2.29 bits per heavy atom. The smallest absolute Gasteiger partial charge is 0.326 e. The van der Waals surface area contributed by atoms with Gasteiger partial charge in [0.1, 0.15) is 6.04 Å². The second-order valence-electron chi connectivity index (χ2n) is 3.45. The van der Waals surface area contributed by atoms with E-state index < -0.39 is 12.0 Å². The average Bonchev–Trinajstić information content (AvgIpc) is 2.15. The summed E-state index contributed by atoms with van der Waals surface area (Å²) in [5.41, 5.74) is 0.730. The number of nitrogens with zero attached hydrogens (tertiary/aromatic N) is 1. The van der Waals surface area contributed by atoms with Crippen LogP contribution in [0, 0.1) is 5.92 Å². The summed E-state index contributed by atoms with van der Waals surface area (Å²) < 4.78 is 0. The molecule has 0 unspecified atom stereocenters. The van der Waals surface area contributed by atoms with E-state index >= 15 is 0 Å². The number of hydrogen-bond donors (Lipinski definition) is 2. The summed E-state index contributed by atoms with van der Waals surface area (Å²) in [6.45, 7) is 3.73. The molecule has 0 aliphatic heterocycles. The van der Waals surface area contributed by atoms with Gasteiger partial charge in [0.2, 0.25) is 0 Å². The number of anilines is 1. The molecule has 14 heavy (non-hydrogen) atoms. The van der Waals surface area contributed by atoms with Gasteiger partial charge < -0.3 is 10.4 Å². The van der Waals surface area contributed by atoms with Gasteiger partial charge in [-0.2, -0.15) is 0 Å². The van der Waals surface area contributed by atoms with Gasteiger partial charge in [0.05, 0.1) is 5.69 Å². The van der Waals surface area contributed by atoms with E-state index in [-0.39, 0.29) is 5.92 Å². The third-order valence-corrected chi connectivity index (χ3v) is 1.92. The molecule has 0 amide bonds.